The van der Waals surface area contributed by atoms with Gasteiger partial charge < -0.3 is 10.1 Å². The van der Waals surface area contributed by atoms with E-state index < -0.39 is 0 Å². The van der Waals surface area contributed by atoms with E-state index in [-0.39, 0.29) is 11.9 Å². The summed E-state index contributed by atoms with van der Waals surface area (Å²) in [6, 6.07) is 12.7. The molecular weight excluding hydrogens is 320 g/mol. The Morgan fingerprint density at radius 1 is 1.29 bits per heavy atom. The number of aryl methyl sites for hydroxylation is 1. The summed E-state index contributed by atoms with van der Waals surface area (Å²) in [7, 11) is 1.61. The summed E-state index contributed by atoms with van der Waals surface area (Å²) >= 11 is 1.49. The van der Waals surface area contributed by atoms with Gasteiger partial charge in [-0.3, -0.25) is 9.69 Å². The average molecular weight is 344 g/mol. The molecule has 0 spiro atoms. The van der Waals surface area contributed by atoms with E-state index in [4.69, 9.17) is 4.74 Å². The molecule has 0 bridgehead atoms. The number of carbonyl (C=O) groups is 1. The summed E-state index contributed by atoms with van der Waals surface area (Å²) in [5.41, 5.74) is 1.35. The quantitative estimate of drug-likeness (QED) is 0.903. The Hall–Kier alpha value is -1.85. The van der Waals surface area contributed by atoms with Crippen LogP contribution in [0.1, 0.15) is 33.0 Å². The number of likely N-dealkylation sites (tertiary alicyclic amines) is 1. The smallest absolute Gasteiger partial charge is 0.265 e. The molecule has 1 aliphatic heterocycles. The van der Waals surface area contributed by atoms with Gasteiger partial charge in [-0.05, 0) is 31.4 Å². The van der Waals surface area contributed by atoms with E-state index in [2.05, 4.69) is 34.5 Å². The van der Waals surface area contributed by atoms with Gasteiger partial charge in [0, 0.05) is 30.6 Å². The summed E-state index contributed by atoms with van der Waals surface area (Å²) in [6.45, 7) is 5.01. The van der Waals surface area contributed by atoms with Crippen molar-refractivity contribution in [2.45, 2.75) is 32.4 Å². The number of ether oxygens (including phenoxy) is 1. The van der Waals surface area contributed by atoms with E-state index in [0.717, 1.165) is 37.4 Å². The summed E-state index contributed by atoms with van der Waals surface area (Å²) < 4.78 is 5.30. The van der Waals surface area contributed by atoms with Gasteiger partial charge in [0.1, 0.15) is 10.6 Å². The lowest BCUT2D eigenvalue weighted by atomic mass is 10.0. The zero-order valence-corrected chi connectivity index (χ0v) is 15.1. The molecule has 0 aliphatic carbocycles. The number of hydrogen-bond acceptors (Lipinski definition) is 4. The van der Waals surface area contributed by atoms with Crippen LogP contribution in [0.15, 0.2) is 36.4 Å². The molecule has 2 aromatic rings. The number of carbonyl (C=O) groups excluding carboxylic acids is 1. The molecule has 1 saturated heterocycles. The fourth-order valence-corrected chi connectivity index (χ4v) is 4.01. The lowest BCUT2D eigenvalue weighted by Gasteiger charge is -2.32. The molecule has 0 unspecified atom stereocenters. The Labute approximate surface area is 147 Å². The van der Waals surface area contributed by atoms with Gasteiger partial charge in [-0.1, -0.05) is 30.3 Å². The molecule has 3 rings (SSSR count). The highest BCUT2D eigenvalue weighted by atomic mass is 32.1. The average Bonchev–Trinajstić information content (AvgIpc) is 2.99. The van der Waals surface area contributed by atoms with Crippen LogP contribution in [0.5, 0.6) is 5.75 Å². The third kappa shape index (κ3) is 4.16. The van der Waals surface area contributed by atoms with Crippen molar-refractivity contribution >= 4 is 17.2 Å². The van der Waals surface area contributed by atoms with Gasteiger partial charge >= 0.3 is 0 Å². The maximum Gasteiger partial charge on any atom is 0.265 e. The lowest BCUT2D eigenvalue weighted by molar-refractivity contribution is 0.0910. The Morgan fingerprint density at radius 3 is 2.67 bits per heavy atom. The van der Waals surface area contributed by atoms with E-state index in [0.29, 0.717) is 10.6 Å². The van der Waals surface area contributed by atoms with Crippen LogP contribution in [0.4, 0.5) is 0 Å². The topological polar surface area (TPSA) is 41.6 Å². The van der Waals surface area contributed by atoms with Crippen LogP contribution in [0.2, 0.25) is 0 Å². The molecule has 5 heteroatoms. The minimum atomic E-state index is -0.00791. The lowest BCUT2D eigenvalue weighted by Crippen LogP contribution is -2.44. The molecule has 4 nitrogen and oxygen atoms in total. The van der Waals surface area contributed by atoms with Gasteiger partial charge in [-0.15, -0.1) is 11.3 Å². The van der Waals surface area contributed by atoms with E-state index in [1.54, 1.807) is 7.11 Å². The first kappa shape index (κ1) is 17.0. The van der Waals surface area contributed by atoms with Crippen molar-refractivity contribution in [2.24, 2.45) is 0 Å². The second-order valence-corrected chi connectivity index (χ2v) is 7.52. The van der Waals surface area contributed by atoms with Crippen molar-refractivity contribution in [2.75, 3.05) is 20.2 Å². The van der Waals surface area contributed by atoms with Gasteiger partial charge in [0.2, 0.25) is 0 Å². The number of rotatable bonds is 5. The van der Waals surface area contributed by atoms with Crippen molar-refractivity contribution in [1.29, 1.82) is 0 Å². The molecule has 1 amide bonds. The zero-order chi connectivity index (χ0) is 16.9. The number of nitrogens with one attached hydrogen (secondary N) is 1. The monoisotopic (exact) mass is 344 g/mol. The number of piperidine rings is 1. The van der Waals surface area contributed by atoms with Crippen molar-refractivity contribution in [1.82, 2.24) is 10.2 Å². The van der Waals surface area contributed by atoms with Crippen molar-refractivity contribution in [3.05, 3.63) is 51.7 Å². The molecule has 1 aromatic heterocycles. The highest BCUT2D eigenvalue weighted by molar-refractivity contribution is 7.14. The number of nitrogens with zero attached hydrogens (tertiary/aromatic N) is 1. The van der Waals surface area contributed by atoms with Gasteiger partial charge in [0.05, 0.1) is 7.11 Å². The molecule has 0 radical (unpaired) electrons. The fraction of sp³-hybridized carbons (Fsp3) is 0.421. The van der Waals surface area contributed by atoms with Gasteiger partial charge in [-0.2, -0.15) is 0 Å². The maximum atomic E-state index is 12.5. The molecule has 1 N–H and O–H groups in total. The van der Waals surface area contributed by atoms with E-state index in [9.17, 15) is 4.79 Å². The first-order chi connectivity index (χ1) is 11.7. The molecule has 1 aliphatic rings. The number of thiophene rings is 1. The van der Waals surface area contributed by atoms with E-state index in [1.165, 1.54) is 16.9 Å². The van der Waals surface area contributed by atoms with Crippen LogP contribution in [0.25, 0.3) is 0 Å². The largest absolute Gasteiger partial charge is 0.495 e. The van der Waals surface area contributed by atoms with Crippen molar-refractivity contribution < 1.29 is 9.53 Å². The minimum absolute atomic E-state index is 0.00791. The predicted molar refractivity (Wildman–Crippen MR) is 97.8 cm³/mol. The SMILES string of the molecule is COc1cc(C)sc1C(=O)NC1CCN(Cc2ccccc2)CC1. The Morgan fingerprint density at radius 2 is 2.00 bits per heavy atom. The number of benzene rings is 1. The third-order valence-electron chi connectivity index (χ3n) is 4.42. The Kier molecular flexibility index (Phi) is 5.53. The van der Waals surface area contributed by atoms with Crippen LogP contribution in [0.3, 0.4) is 0 Å². The standard InChI is InChI=1S/C19H24N2O2S/c1-14-12-17(23-2)18(24-14)19(22)20-16-8-10-21(11-9-16)13-15-6-4-3-5-7-15/h3-7,12,16H,8-11,13H2,1-2H3,(H,20,22). The number of methoxy groups -OCH3 is 1. The van der Waals surface area contributed by atoms with Crippen LogP contribution >= 0.6 is 11.3 Å². The summed E-state index contributed by atoms with van der Waals surface area (Å²) in [6.07, 6.45) is 1.98. The molecule has 24 heavy (non-hydrogen) atoms. The first-order valence-electron chi connectivity index (χ1n) is 8.37. The van der Waals surface area contributed by atoms with Crippen molar-refractivity contribution in [3.63, 3.8) is 0 Å². The highest BCUT2D eigenvalue weighted by Crippen LogP contribution is 2.28. The number of hydrogen-bond donors (Lipinski definition) is 1. The molecule has 0 saturated carbocycles. The predicted octanol–water partition coefficient (Wildman–Crippen LogP) is 3.46. The third-order valence-corrected chi connectivity index (χ3v) is 5.45. The summed E-state index contributed by atoms with van der Waals surface area (Å²) in [5, 5.41) is 3.17. The van der Waals surface area contributed by atoms with E-state index >= 15 is 0 Å². The van der Waals surface area contributed by atoms with E-state index in [1.807, 2.05) is 19.1 Å². The summed E-state index contributed by atoms with van der Waals surface area (Å²) in [5.74, 6) is 0.669. The van der Waals surface area contributed by atoms with Crippen LogP contribution in [-0.4, -0.2) is 37.0 Å². The van der Waals surface area contributed by atoms with Crippen LogP contribution in [-0.2, 0) is 6.54 Å². The second-order valence-electron chi connectivity index (χ2n) is 6.26. The fourth-order valence-electron chi connectivity index (χ4n) is 3.13. The first-order valence-corrected chi connectivity index (χ1v) is 9.19. The second kappa shape index (κ2) is 7.81. The molecule has 1 aromatic carbocycles. The molecular formula is C19H24N2O2S. The minimum Gasteiger partial charge on any atom is -0.495 e. The molecule has 1 fully saturated rings. The Bertz CT molecular complexity index is 676. The normalized spacial score (nSPS) is 16.1. The highest BCUT2D eigenvalue weighted by Gasteiger charge is 2.23. The van der Waals surface area contributed by atoms with Gasteiger partial charge in [0.25, 0.3) is 5.91 Å². The van der Waals surface area contributed by atoms with Crippen molar-refractivity contribution in [3.8, 4) is 5.75 Å². The summed E-state index contributed by atoms with van der Waals surface area (Å²) in [4.78, 5) is 16.7. The molecule has 128 valence electrons. The van der Waals surface area contributed by atoms with Gasteiger partial charge in [0.15, 0.2) is 0 Å². The maximum absolute atomic E-state index is 12.5. The van der Waals surface area contributed by atoms with Crippen LogP contribution in [0, 0.1) is 6.92 Å². The molecule has 2 heterocycles. The number of amides is 1. The van der Waals surface area contributed by atoms with Gasteiger partial charge in [-0.25, -0.2) is 0 Å². The Balaban J connectivity index is 1.51. The van der Waals surface area contributed by atoms with Crippen LogP contribution < -0.4 is 10.1 Å². The molecule has 0 atom stereocenters. The zero-order valence-electron chi connectivity index (χ0n) is 14.2.